The molecule has 0 aromatic carbocycles. The lowest BCUT2D eigenvalue weighted by Gasteiger charge is -2.36. The highest BCUT2D eigenvalue weighted by atomic mass is 16.2. The molecule has 3 atom stereocenters. The highest BCUT2D eigenvalue weighted by Crippen LogP contribution is 2.58. The number of likely N-dealkylation sites (tertiary alicyclic amines) is 1. The lowest BCUT2D eigenvalue weighted by molar-refractivity contribution is -0.137. The van der Waals surface area contributed by atoms with Crippen molar-refractivity contribution in [3.63, 3.8) is 0 Å². The highest BCUT2D eigenvalue weighted by Gasteiger charge is 2.57. The molecule has 3 rings (SSSR count). The Morgan fingerprint density at radius 3 is 2.67 bits per heavy atom. The van der Waals surface area contributed by atoms with Crippen LogP contribution in [-0.2, 0) is 4.79 Å². The first-order chi connectivity index (χ1) is 8.83. The molecule has 3 aliphatic rings. The zero-order valence-corrected chi connectivity index (χ0v) is 11.5. The standard InChI is InChI=1S/C15H26N2O/c1-16-9-8-11-5-2-3-10-17(11)15(18)14-12-6-4-7-13(12)14/h11-14,16H,2-10H2,1H3. The molecule has 0 aromatic heterocycles. The van der Waals surface area contributed by atoms with E-state index < -0.39 is 0 Å². The molecule has 3 nitrogen and oxygen atoms in total. The van der Waals surface area contributed by atoms with E-state index >= 15 is 0 Å². The number of piperidine rings is 1. The molecule has 3 heteroatoms. The summed E-state index contributed by atoms with van der Waals surface area (Å²) in [6.07, 6.45) is 8.85. The molecule has 0 spiro atoms. The van der Waals surface area contributed by atoms with Gasteiger partial charge < -0.3 is 10.2 Å². The first kappa shape index (κ1) is 12.5. The molecule has 1 amide bonds. The molecular formula is C15H26N2O. The molecule has 2 saturated carbocycles. The number of carbonyl (C=O) groups is 1. The fourth-order valence-electron chi connectivity index (χ4n) is 4.28. The quantitative estimate of drug-likeness (QED) is 0.828. The summed E-state index contributed by atoms with van der Waals surface area (Å²) < 4.78 is 0. The minimum absolute atomic E-state index is 0.425. The van der Waals surface area contributed by atoms with Crippen molar-refractivity contribution in [2.75, 3.05) is 20.1 Å². The number of rotatable bonds is 4. The van der Waals surface area contributed by atoms with Gasteiger partial charge in [0.25, 0.3) is 0 Å². The second kappa shape index (κ2) is 5.20. The van der Waals surface area contributed by atoms with E-state index in [4.69, 9.17) is 0 Å². The average molecular weight is 250 g/mol. The number of nitrogens with zero attached hydrogens (tertiary/aromatic N) is 1. The predicted molar refractivity (Wildman–Crippen MR) is 72.2 cm³/mol. The second-order valence-corrected chi connectivity index (χ2v) is 6.36. The molecule has 102 valence electrons. The minimum Gasteiger partial charge on any atom is -0.339 e. The van der Waals surface area contributed by atoms with E-state index in [9.17, 15) is 4.79 Å². The molecule has 1 heterocycles. The molecular weight excluding hydrogens is 224 g/mol. The van der Waals surface area contributed by atoms with Gasteiger partial charge in [-0.15, -0.1) is 0 Å². The Kier molecular flexibility index (Phi) is 3.60. The van der Waals surface area contributed by atoms with E-state index in [1.165, 1.54) is 38.5 Å². The van der Waals surface area contributed by atoms with Gasteiger partial charge in [-0.25, -0.2) is 0 Å². The Morgan fingerprint density at radius 1 is 1.17 bits per heavy atom. The fourth-order valence-corrected chi connectivity index (χ4v) is 4.28. The van der Waals surface area contributed by atoms with Crippen LogP contribution in [0, 0.1) is 17.8 Å². The first-order valence-electron chi connectivity index (χ1n) is 7.78. The van der Waals surface area contributed by atoms with Crippen molar-refractivity contribution in [2.24, 2.45) is 17.8 Å². The number of amides is 1. The highest BCUT2D eigenvalue weighted by molar-refractivity contribution is 5.83. The van der Waals surface area contributed by atoms with E-state index in [0.29, 0.717) is 17.9 Å². The Balaban J connectivity index is 1.60. The zero-order chi connectivity index (χ0) is 12.5. The molecule has 0 aromatic rings. The molecule has 3 unspecified atom stereocenters. The number of carbonyl (C=O) groups excluding carboxylic acids is 1. The van der Waals surface area contributed by atoms with Crippen LogP contribution in [0.3, 0.4) is 0 Å². The maximum absolute atomic E-state index is 12.7. The van der Waals surface area contributed by atoms with Crippen molar-refractivity contribution in [3.8, 4) is 0 Å². The van der Waals surface area contributed by atoms with Crippen LogP contribution in [-0.4, -0.2) is 37.0 Å². The molecule has 3 fully saturated rings. The Bertz CT molecular complexity index is 308. The van der Waals surface area contributed by atoms with Crippen LogP contribution in [0.4, 0.5) is 0 Å². The van der Waals surface area contributed by atoms with E-state index in [1.807, 2.05) is 7.05 Å². The topological polar surface area (TPSA) is 32.3 Å². The zero-order valence-electron chi connectivity index (χ0n) is 11.5. The maximum atomic E-state index is 12.7. The summed E-state index contributed by atoms with van der Waals surface area (Å²) in [6.45, 7) is 2.05. The van der Waals surface area contributed by atoms with Gasteiger partial charge in [0.1, 0.15) is 0 Å². The van der Waals surface area contributed by atoms with Gasteiger partial charge in [-0.3, -0.25) is 4.79 Å². The molecule has 1 N–H and O–H groups in total. The minimum atomic E-state index is 0.425. The van der Waals surface area contributed by atoms with Gasteiger partial charge in [0, 0.05) is 18.5 Å². The maximum Gasteiger partial charge on any atom is 0.226 e. The largest absolute Gasteiger partial charge is 0.339 e. The van der Waals surface area contributed by atoms with Crippen LogP contribution in [0.25, 0.3) is 0 Å². The van der Waals surface area contributed by atoms with Crippen LogP contribution in [0.15, 0.2) is 0 Å². The van der Waals surface area contributed by atoms with E-state index in [-0.39, 0.29) is 0 Å². The van der Waals surface area contributed by atoms with Crippen LogP contribution in [0.1, 0.15) is 44.9 Å². The van der Waals surface area contributed by atoms with Gasteiger partial charge in [-0.05, 0) is 64.0 Å². The van der Waals surface area contributed by atoms with Crippen molar-refractivity contribution in [1.29, 1.82) is 0 Å². The third kappa shape index (κ3) is 2.18. The summed E-state index contributed by atoms with van der Waals surface area (Å²) in [7, 11) is 2.00. The summed E-state index contributed by atoms with van der Waals surface area (Å²) in [4.78, 5) is 14.9. The second-order valence-electron chi connectivity index (χ2n) is 6.36. The summed E-state index contributed by atoms with van der Waals surface area (Å²) in [5.41, 5.74) is 0. The van der Waals surface area contributed by atoms with Crippen molar-refractivity contribution in [2.45, 2.75) is 51.0 Å². The SMILES string of the molecule is CNCCC1CCCCN1C(=O)C1C2CCCC21. The van der Waals surface area contributed by atoms with E-state index in [2.05, 4.69) is 10.2 Å². The molecule has 0 bridgehead atoms. The summed E-state index contributed by atoms with van der Waals surface area (Å²) in [6, 6.07) is 0.514. The van der Waals surface area contributed by atoms with Gasteiger partial charge in [0.2, 0.25) is 5.91 Å². The average Bonchev–Trinajstić information content (AvgIpc) is 2.88. The Labute approximate surface area is 110 Å². The molecule has 1 saturated heterocycles. The van der Waals surface area contributed by atoms with Gasteiger partial charge in [-0.1, -0.05) is 6.42 Å². The van der Waals surface area contributed by atoms with E-state index in [1.54, 1.807) is 0 Å². The van der Waals surface area contributed by atoms with Crippen molar-refractivity contribution in [1.82, 2.24) is 10.2 Å². The van der Waals surface area contributed by atoms with Crippen LogP contribution >= 0.6 is 0 Å². The summed E-state index contributed by atoms with van der Waals surface area (Å²) in [5, 5.41) is 3.22. The van der Waals surface area contributed by atoms with Gasteiger partial charge in [0.15, 0.2) is 0 Å². The van der Waals surface area contributed by atoms with Crippen molar-refractivity contribution >= 4 is 5.91 Å². The van der Waals surface area contributed by atoms with Crippen LogP contribution in [0.5, 0.6) is 0 Å². The molecule has 0 radical (unpaired) electrons. The monoisotopic (exact) mass is 250 g/mol. The third-order valence-electron chi connectivity index (χ3n) is 5.33. The van der Waals surface area contributed by atoms with Crippen molar-refractivity contribution in [3.05, 3.63) is 0 Å². The number of hydrogen-bond acceptors (Lipinski definition) is 2. The summed E-state index contributed by atoms with van der Waals surface area (Å²) in [5.74, 6) is 2.47. The van der Waals surface area contributed by atoms with Gasteiger partial charge >= 0.3 is 0 Å². The van der Waals surface area contributed by atoms with Crippen LogP contribution in [0.2, 0.25) is 0 Å². The lowest BCUT2D eigenvalue weighted by atomic mass is 9.97. The normalized spacial score (nSPS) is 38.6. The van der Waals surface area contributed by atoms with Crippen LogP contribution < -0.4 is 5.32 Å². The molecule has 18 heavy (non-hydrogen) atoms. The fraction of sp³-hybridized carbons (Fsp3) is 0.933. The Morgan fingerprint density at radius 2 is 1.94 bits per heavy atom. The smallest absolute Gasteiger partial charge is 0.226 e. The van der Waals surface area contributed by atoms with Gasteiger partial charge in [0.05, 0.1) is 0 Å². The molecule has 2 aliphatic carbocycles. The first-order valence-corrected chi connectivity index (χ1v) is 7.78. The number of nitrogens with one attached hydrogen (secondary N) is 1. The summed E-state index contributed by atoms with van der Waals surface area (Å²) >= 11 is 0. The lowest BCUT2D eigenvalue weighted by Crippen LogP contribution is -2.46. The predicted octanol–water partition coefficient (Wildman–Crippen LogP) is 2.02. The molecule has 1 aliphatic heterocycles. The third-order valence-corrected chi connectivity index (χ3v) is 5.33. The number of fused-ring (bicyclic) bond motifs is 1. The number of hydrogen-bond donors (Lipinski definition) is 1. The van der Waals surface area contributed by atoms with Gasteiger partial charge in [-0.2, -0.15) is 0 Å². The Hall–Kier alpha value is -0.570. The van der Waals surface area contributed by atoms with Crippen molar-refractivity contribution < 1.29 is 4.79 Å². The van der Waals surface area contributed by atoms with E-state index in [0.717, 1.165) is 31.3 Å².